The van der Waals surface area contributed by atoms with Crippen molar-refractivity contribution >= 4 is 23.6 Å². The number of ether oxygens (including phenoxy) is 2. The van der Waals surface area contributed by atoms with Crippen molar-refractivity contribution in [3.8, 4) is 17.6 Å². The second kappa shape index (κ2) is 9.06. The van der Waals surface area contributed by atoms with Crippen molar-refractivity contribution < 1.29 is 19.1 Å². The van der Waals surface area contributed by atoms with Crippen LogP contribution in [0.1, 0.15) is 11.1 Å². The number of carbonyl (C=O) groups excluding carboxylic acids is 2. The minimum Gasteiger partial charge on any atom is -0.493 e. The molecule has 0 aromatic heterocycles. The van der Waals surface area contributed by atoms with Crippen LogP contribution in [0.25, 0.3) is 6.08 Å². The lowest BCUT2D eigenvalue weighted by Crippen LogP contribution is -2.20. The molecule has 0 aliphatic carbocycles. The molecule has 2 aromatic carbocycles. The van der Waals surface area contributed by atoms with Crippen LogP contribution >= 0.6 is 0 Å². The maximum atomic E-state index is 12.3. The average molecular weight is 365 g/mol. The van der Waals surface area contributed by atoms with Crippen LogP contribution < -0.4 is 20.5 Å². The summed E-state index contributed by atoms with van der Waals surface area (Å²) in [6, 6.07) is 14.0. The van der Waals surface area contributed by atoms with Gasteiger partial charge < -0.3 is 20.5 Å². The van der Waals surface area contributed by atoms with Gasteiger partial charge in [-0.2, -0.15) is 5.26 Å². The first-order valence-electron chi connectivity index (χ1n) is 8.02. The number of primary amides is 1. The predicted octanol–water partition coefficient (Wildman–Crippen LogP) is 2.41. The topological polar surface area (TPSA) is 114 Å². The van der Waals surface area contributed by atoms with Crippen LogP contribution in [-0.4, -0.2) is 25.5 Å². The molecule has 2 amide bonds. The summed E-state index contributed by atoms with van der Waals surface area (Å²) in [6.07, 6.45) is 1.44. The first-order valence-corrected chi connectivity index (χ1v) is 8.02. The highest BCUT2D eigenvalue weighted by molar-refractivity contribution is 6.09. The van der Waals surface area contributed by atoms with Gasteiger partial charge in [0, 0.05) is 5.69 Å². The van der Waals surface area contributed by atoms with Crippen LogP contribution in [0, 0.1) is 18.3 Å². The van der Waals surface area contributed by atoms with E-state index in [9.17, 15) is 14.9 Å². The van der Waals surface area contributed by atoms with Crippen molar-refractivity contribution in [1.29, 1.82) is 5.26 Å². The molecule has 0 spiro atoms. The quantitative estimate of drug-likeness (QED) is 0.578. The zero-order valence-corrected chi connectivity index (χ0v) is 15.0. The van der Waals surface area contributed by atoms with Gasteiger partial charge in [0.05, 0.1) is 7.11 Å². The molecule has 0 saturated carbocycles. The molecule has 0 aliphatic rings. The normalized spacial score (nSPS) is 10.6. The largest absolute Gasteiger partial charge is 0.493 e. The number of nitrogens with two attached hydrogens (primary N) is 1. The second-order valence-electron chi connectivity index (χ2n) is 5.66. The van der Waals surface area contributed by atoms with Gasteiger partial charge in [-0.3, -0.25) is 9.59 Å². The number of methoxy groups -OCH3 is 1. The molecule has 3 N–H and O–H groups in total. The lowest BCUT2D eigenvalue weighted by Gasteiger charge is -2.10. The molecule has 2 rings (SSSR count). The summed E-state index contributed by atoms with van der Waals surface area (Å²) < 4.78 is 10.5. The van der Waals surface area contributed by atoms with Crippen molar-refractivity contribution in [2.75, 3.05) is 19.0 Å². The molecule has 0 heterocycles. The SMILES string of the molecule is COc1cc(/C=C(\C#N)C(=O)Nc2cccc(C)c2)ccc1OCC(N)=O. The van der Waals surface area contributed by atoms with Gasteiger partial charge in [0.25, 0.3) is 11.8 Å². The van der Waals surface area contributed by atoms with Crippen LogP contribution in [0.3, 0.4) is 0 Å². The number of nitrogens with zero attached hydrogens (tertiary/aromatic N) is 1. The number of carbonyl (C=O) groups is 2. The van der Waals surface area contributed by atoms with Crippen LogP contribution in [0.2, 0.25) is 0 Å². The molecular weight excluding hydrogens is 346 g/mol. The number of nitrogens with one attached hydrogen (secondary N) is 1. The fraction of sp³-hybridized carbons (Fsp3) is 0.150. The molecule has 0 saturated heterocycles. The molecule has 0 aliphatic heterocycles. The van der Waals surface area contributed by atoms with Crippen molar-refractivity contribution in [2.45, 2.75) is 6.92 Å². The number of benzene rings is 2. The first kappa shape index (κ1) is 19.5. The monoisotopic (exact) mass is 365 g/mol. The number of hydrogen-bond acceptors (Lipinski definition) is 5. The summed E-state index contributed by atoms with van der Waals surface area (Å²) >= 11 is 0. The predicted molar refractivity (Wildman–Crippen MR) is 101 cm³/mol. The third kappa shape index (κ3) is 5.61. The van der Waals surface area contributed by atoms with Crippen molar-refractivity contribution in [3.05, 3.63) is 59.2 Å². The van der Waals surface area contributed by atoms with E-state index >= 15 is 0 Å². The number of rotatable bonds is 7. The summed E-state index contributed by atoms with van der Waals surface area (Å²) in [6.45, 7) is 1.62. The number of amides is 2. The highest BCUT2D eigenvalue weighted by atomic mass is 16.5. The van der Waals surface area contributed by atoms with Gasteiger partial charge in [-0.15, -0.1) is 0 Å². The Kier molecular flexibility index (Phi) is 6.55. The van der Waals surface area contributed by atoms with E-state index in [0.717, 1.165) is 5.56 Å². The molecule has 0 atom stereocenters. The Morgan fingerprint density at radius 1 is 1.22 bits per heavy atom. The highest BCUT2D eigenvalue weighted by Crippen LogP contribution is 2.29. The number of hydrogen-bond donors (Lipinski definition) is 2. The fourth-order valence-corrected chi connectivity index (χ4v) is 2.28. The Hall–Kier alpha value is -3.79. The van der Waals surface area contributed by atoms with E-state index in [1.165, 1.54) is 13.2 Å². The number of nitriles is 1. The van der Waals surface area contributed by atoms with Crippen molar-refractivity contribution in [3.63, 3.8) is 0 Å². The summed E-state index contributed by atoms with van der Waals surface area (Å²) in [5.41, 5.74) is 7.15. The van der Waals surface area contributed by atoms with E-state index in [4.69, 9.17) is 15.2 Å². The van der Waals surface area contributed by atoms with E-state index in [1.807, 2.05) is 25.1 Å². The summed E-state index contributed by atoms with van der Waals surface area (Å²) in [5, 5.41) is 12.0. The second-order valence-corrected chi connectivity index (χ2v) is 5.66. The van der Waals surface area contributed by atoms with E-state index < -0.39 is 11.8 Å². The standard InChI is InChI=1S/C20H19N3O4/c1-13-4-3-5-16(8-13)23-20(25)15(11-21)9-14-6-7-17(18(10-14)26-2)27-12-19(22)24/h3-10H,12H2,1-2H3,(H2,22,24)(H,23,25)/b15-9+. The Labute approximate surface area is 157 Å². The zero-order valence-electron chi connectivity index (χ0n) is 15.0. The van der Waals surface area contributed by atoms with Crippen LogP contribution in [0.5, 0.6) is 11.5 Å². The Balaban J connectivity index is 2.22. The Bertz CT molecular complexity index is 929. The average Bonchev–Trinajstić information content (AvgIpc) is 2.64. The lowest BCUT2D eigenvalue weighted by atomic mass is 10.1. The lowest BCUT2D eigenvalue weighted by molar-refractivity contribution is -0.120. The maximum absolute atomic E-state index is 12.3. The maximum Gasteiger partial charge on any atom is 0.266 e. The van der Waals surface area contributed by atoms with Gasteiger partial charge >= 0.3 is 0 Å². The third-order valence-corrected chi connectivity index (χ3v) is 3.51. The van der Waals surface area contributed by atoms with Gasteiger partial charge in [-0.25, -0.2) is 0 Å². The van der Waals surface area contributed by atoms with Gasteiger partial charge in [0.2, 0.25) is 0 Å². The van der Waals surface area contributed by atoms with Crippen molar-refractivity contribution in [2.24, 2.45) is 5.73 Å². The molecule has 0 fully saturated rings. The van der Waals surface area contributed by atoms with Crippen molar-refractivity contribution in [1.82, 2.24) is 0 Å². The Morgan fingerprint density at radius 2 is 2.00 bits per heavy atom. The molecule has 138 valence electrons. The van der Waals surface area contributed by atoms with E-state index in [2.05, 4.69) is 5.32 Å². The van der Waals surface area contributed by atoms with Gasteiger partial charge in [0.15, 0.2) is 18.1 Å². The van der Waals surface area contributed by atoms with E-state index in [0.29, 0.717) is 22.7 Å². The van der Waals surface area contributed by atoms with E-state index in [-0.39, 0.29) is 12.2 Å². The molecule has 2 aromatic rings. The first-order chi connectivity index (χ1) is 12.9. The van der Waals surface area contributed by atoms with Gasteiger partial charge in [0.1, 0.15) is 11.6 Å². The molecule has 0 radical (unpaired) electrons. The molecular formula is C20H19N3O4. The van der Waals surface area contributed by atoms with E-state index in [1.54, 1.807) is 30.3 Å². The molecule has 0 unspecified atom stereocenters. The van der Waals surface area contributed by atoms with Crippen LogP contribution in [0.4, 0.5) is 5.69 Å². The smallest absolute Gasteiger partial charge is 0.266 e. The number of anilines is 1. The molecule has 27 heavy (non-hydrogen) atoms. The summed E-state index contributed by atoms with van der Waals surface area (Å²) in [4.78, 5) is 23.2. The fourth-order valence-electron chi connectivity index (χ4n) is 2.28. The minimum absolute atomic E-state index is 0.0654. The summed E-state index contributed by atoms with van der Waals surface area (Å²) in [7, 11) is 1.44. The minimum atomic E-state index is -0.611. The molecule has 0 bridgehead atoms. The third-order valence-electron chi connectivity index (χ3n) is 3.51. The zero-order chi connectivity index (χ0) is 19.8. The molecule has 7 heteroatoms. The Morgan fingerprint density at radius 3 is 2.63 bits per heavy atom. The molecule has 7 nitrogen and oxygen atoms in total. The number of aryl methyl sites for hydroxylation is 1. The highest BCUT2D eigenvalue weighted by Gasteiger charge is 2.11. The van der Waals surface area contributed by atoms with Gasteiger partial charge in [-0.1, -0.05) is 18.2 Å². The van der Waals surface area contributed by atoms with Crippen LogP contribution in [-0.2, 0) is 9.59 Å². The van der Waals surface area contributed by atoms with Gasteiger partial charge in [-0.05, 0) is 48.4 Å². The van der Waals surface area contributed by atoms with Crippen LogP contribution in [0.15, 0.2) is 48.0 Å². The summed E-state index contributed by atoms with van der Waals surface area (Å²) in [5.74, 6) is -0.450.